The maximum atomic E-state index is 14.6. The van der Waals surface area contributed by atoms with Crippen LogP contribution in [0.5, 0.6) is 0 Å². The number of fused-ring (bicyclic) bond motifs is 3. The molecular formula is C61H66F5IN8O6. The predicted molar refractivity (Wildman–Crippen MR) is 302 cm³/mol. The lowest BCUT2D eigenvalue weighted by atomic mass is 9.68. The number of likely N-dealkylation sites (tertiary alicyclic amines) is 1. The van der Waals surface area contributed by atoms with Crippen LogP contribution in [-0.4, -0.2) is 101 Å². The number of carbonyl (C=O) groups is 4. The molecule has 2 saturated carbocycles. The maximum Gasteiger partial charge on any atom is 0.422 e. The largest absolute Gasteiger partial charge is 0.442 e. The molecule has 428 valence electrons. The van der Waals surface area contributed by atoms with Crippen LogP contribution >= 0.6 is 22.6 Å². The van der Waals surface area contributed by atoms with E-state index >= 15 is 0 Å². The van der Waals surface area contributed by atoms with Crippen LogP contribution in [0.1, 0.15) is 125 Å². The smallest absolute Gasteiger partial charge is 0.422 e. The van der Waals surface area contributed by atoms with Gasteiger partial charge in [-0.25, -0.2) is 19.6 Å². The number of nitrogens with zero attached hydrogens (tertiary/aromatic N) is 4. The number of H-pyrrole nitrogens is 2. The molecule has 14 nitrogen and oxygen atoms in total. The van der Waals surface area contributed by atoms with E-state index in [-0.39, 0.29) is 53.6 Å². The Morgan fingerprint density at radius 2 is 1.30 bits per heavy atom. The van der Waals surface area contributed by atoms with Gasteiger partial charge in [0, 0.05) is 34.7 Å². The fourth-order valence-corrected chi connectivity index (χ4v) is 14.8. The van der Waals surface area contributed by atoms with Gasteiger partial charge in [-0.2, -0.15) is 22.0 Å². The summed E-state index contributed by atoms with van der Waals surface area (Å²) < 4.78 is 72.0. The van der Waals surface area contributed by atoms with Gasteiger partial charge in [-0.3, -0.25) is 9.59 Å². The third-order valence-corrected chi connectivity index (χ3v) is 18.8. The Labute approximate surface area is 479 Å². The lowest BCUT2D eigenvalue weighted by molar-refractivity contribution is -0.160. The number of ether oxygens (including phenoxy) is 2. The number of halogens is 6. The van der Waals surface area contributed by atoms with E-state index in [2.05, 4.69) is 86.0 Å². The standard InChI is InChI=1S/C61H66F5IN8O6/c1-31(2)51(72-58(78)80-29-60(62,63)64)56(76)74-48-10-5-4-7-39(48)27-49(74)54-68-44-21-19-37(25-46(44)70-54)42-23-33-11-15-35(42)16-12-34-14-18-36(17-13-33)43(24-34)38-20-22-45-47(26-38)71-55(69-45)50-28-40-8-6-9-41-32(3)52(57(77)75(50)53(40)41)73-59(79)81-30-61(65,66)67/h11,14-15,18-26,31-32,39-41,48-53H,4-10,12-13,16-17,27-30H2,1-3H3,(H,68,70)(H,69,71)(H,72,78)(H,73,79)/t32?,39-,40-,41?,48-,49-,50-,51-,52-,53+/m0/s1. The third kappa shape index (κ3) is 11.1. The number of rotatable bonds is 11. The number of aromatic amines is 2. The lowest BCUT2D eigenvalue weighted by Gasteiger charge is -2.49. The average molecular weight is 1230 g/mol. The molecule has 4 aromatic carbocycles. The van der Waals surface area contributed by atoms with Gasteiger partial charge in [0.15, 0.2) is 13.2 Å². The van der Waals surface area contributed by atoms with Gasteiger partial charge in [-0.15, -0.1) is 0 Å². The van der Waals surface area contributed by atoms with Gasteiger partial charge in [-0.1, -0.05) is 88.6 Å². The number of alkyl halides is 6. The van der Waals surface area contributed by atoms with Crippen LogP contribution < -0.4 is 10.6 Å². The van der Waals surface area contributed by atoms with Crippen molar-refractivity contribution in [2.45, 2.75) is 151 Å². The van der Waals surface area contributed by atoms with E-state index in [0.29, 0.717) is 18.1 Å². The first-order valence-corrected chi connectivity index (χ1v) is 29.7. The number of aryl methyl sites for hydroxylation is 4. The van der Waals surface area contributed by atoms with E-state index in [1.54, 1.807) is 13.8 Å². The molecule has 10 atom stereocenters. The molecule has 5 heterocycles. The summed E-state index contributed by atoms with van der Waals surface area (Å²) in [5, 5.41) is 5.11. The normalized spacial score (nSPS) is 25.9. The molecule has 20 heteroatoms. The first kappa shape index (κ1) is 55.2. The van der Waals surface area contributed by atoms with Crippen LogP contribution in [-0.2, 0) is 44.7 Å². The first-order valence-electron chi connectivity index (χ1n) is 28.6. The highest BCUT2D eigenvalue weighted by Crippen LogP contribution is 2.53. The highest BCUT2D eigenvalue weighted by Gasteiger charge is 2.58. The van der Waals surface area contributed by atoms with Crippen molar-refractivity contribution in [3.05, 3.63) is 107 Å². The molecule has 0 spiro atoms. The molecule has 15 rings (SSSR count). The Morgan fingerprint density at radius 1 is 0.716 bits per heavy atom. The molecule has 0 radical (unpaired) electrons. The van der Waals surface area contributed by atoms with Gasteiger partial charge in [0.25, 0.3) is 0 Å². The Kier molecular flexibility index (Phi) is 14.8. The van der Waals surface area contributed by atoms with Crippen LogP contribution in [0, 0.1) is 29.6 Å². The molecule has 81 heavy (non-hydrogen) atoms. The molecule has 3 aliphatic heterocycles. The topological polar surface area (TPSA) is 175 Å². The minimum atomic E-state index is -4.70. The van der Waals surface area contributed by atoms with E-state index in [0.717, 1.165) is 144 Å². The van der Waals surface area contributed by atoms with Crippen molar-refractivity contribution in [2.75, 3.05) is 13.2 Å². The van der Waals surface area contributed by atoms with Crippen LogP contribution in [0.15, 0.2) is 72.8 Å². The van der Waals surface area contributed by atoms with Gasteiger partial charge >= 0.3 is 22.3 Å². The second-order valence-electron chi connectivity index (χ2n) is 23.9. The number of alkyl carbamates (subject to hydrolysis) is 2. The van der Waals surface area contributed by atoms with Gasteiger partial charge in [0.05, 0.1) is 34.2 Å². The minimum Gasteiger partial charge on any atom is -0.442 e. The Hall–Kier alpha value is -6.32. The summed E-state index contributed by atoms with van der Waals surface area (Å²) >= 11 is 0.925. The van der Waals surface area contributed by atoms with E-state index in [4.69, 9.17) is 14.7 Å². The molecule has 4 N–H and O–H groups in total. The highest BCUT2D eigenvalue weighted by atomic mass is 127. The number of amides is 4. The van der Waals surface area contributed by atoms with Crippen molar-refractivity contribution in [3.63, 3.8) is 0 Å². The van der Waals surface area contributed by atoms with E-state index in [9.17, 15) is 41.1 Å². The molecule has 4 amide bonds. The van der Waals surface area contributed by atoms with Crippen LogP contribution in [0.25, 0.3) is 44.3 Å². The van der Waals surface area contributed by atoms with E-state index in [1.165, 1.54) is 22.3 Å². The zero-order valence-electron chi connectivity index (χ0n) is 45.4. The van der Waals surface area contributed by atoms with Crippen LogP contribution in [0.4, 0.5) is 31.5 Å². The Balaban J connectivity index is 0.775. The Bertz CT molecular complexity index is 3410. The van der Waals surface area contributed by atoms with Crippen molar-refractivity contribution in [3.8, 4) is 22.3 Å². The van der Waals surface area contributed by atoms with Crippen molar-refractivity contribution in [2.24, 2.45) is 29.6 Å². The van der Waals surface area contributed by atoms with Crippen molar-refractivity contribution in [1.29, 1.82) is 0 Å². The number of imidazole rings is 2. The summed E-state index contributed by atoms with van der Waals surface area (Å²) in [6.45, 7) is 2.64. The lowest BCUT2D eigenvalue weighted by Crippen LogP contribution is -2.63. The first-order chi connectivity index (χ1) is 38.7. The third-order valence-electron chi connectivity index (χ3n) is 18.5. The van der Waals surface area contributed by atoms with Gasteiger partial charge in [-0.05, 0) is 163 Å². The molecule has 6 aliphatic carbocycles. The molecule has 9 aliphatic rings. The summed E-state index contributed by atoms with van der Waals surface area (Å²) in [5.41, 5.74) is 12.4. The van der Waals surface area contributed by atoms with Crippen molar-refractivity contribution in [1.82, 2.24) is 40.4 Å². The van der Waals surface area contributed by atoms with Gasteiger partial charge in [0.2, 0.25) is 11.8 Å². The number of hydrogen-bond donors (Lipinski definition) is 4. The molecular weight excluding hydrogens is 1160 g/mol. The number of aromatic nitrogens is 4. The maximum absolute atomic E-state index is 14.6. The van der Waals surface area contributed by atoms with Gasteiger partial charge in [0.1, 0.15) is 23.7 Å². The van der Waals surface area contributed by atoms with Gasteiger partial charge < -0.3 is 39.9 Å². The number of carbonyl (C=O) groups excluding carboxylic acids is 4. The van der Waals surface area contributed by atoms with Crippen molar-refractivity contribution < 1.29 is 50.6 Å². The van der Waals surface area contributed by atoms with E-state index < -0.39 is 59.5 Å². The summed E-state index contributed by atoms with van der Waals surface area (Å²) in [5.74, 6) is 0.771. The number of hydrogen-bond acceptors (Lipinski definition) is 8. The minimum absolute atomic E-state index is 0.00174. The second-order valence-corrected chi connectivity index (χ2v) is 25.5. The fourth-order valence-electron chi connectivity index (χ4n) is 14.7. The SMILES string of the molecule is CC(C)[C@H](NC(=O)OCC(F)(F)F)C(=O)N1[C@H](c2nc3ccc(-c4cc5ccc4CCc4ccc(c(-c6ccc7nc([C@@H]8C[C@@H]9CCCC%10C(C)[C@H](NC(=O)OCC(F)(F)I)C(=O)N8[C@@H]%109)[nH]c7c6)c4)CC5)cc3[nH]2)C[C@@H]2CCCC[C@@H]21. The molecule has 4 bridgehead atoms. The summed E-state index contributed by atoms with van der Waals surface area (Å²) in [6, 6.07) is 23.2. The summed E-state index contributed by atoms with van der Waals surface area (Å²) in [6.07, 6.45) is 4.19. The molecule has 3 saturated heterocycles. The highest BCUT2D eigenvalue weighted by molar-refractivity contribution is 14.1. The van der Waals surface area contributed by atoms with Crippen molar-refractivity contribution >= 4 is 68.7 Å². The number of nitrogens with one attached hydrogen (secondary N) is 4. The van der Waals surface area contributed by atoms with Crippen LogP contribution in [0.3, 0.4) is 0 Å². The van der Waals surface area contributed by atoms with E-state index in [1.807, 2.05) is 28.9 Å². The molecule has 2 aromatic heterocycles. The zero-order chi connectivity index (χ0) is 56.6. The number of piperidine rings is 1. The quantitative estimate of drug-likeness (QED) is 0.0563. The molecule has 5 fully saturated rings. The number of benzene rings is 4. The molecule has 6 aromatic rings. The second kappa shape index (κ2) is 21.8. The fraction of sp³-hybridized carbons (Fsp3) is 0.508. The average Bonchev–Trinajstić information content (AvgIpc) is 3.84. The predicted octanol–water partition coefficient (Wildman–Crippen LogP) is 12.6. The monoisotopic (exact) mass is 1230 g/mol. The zero-order valence-corrected chi connectivity index (χ0v) is 47.5. The molecule has 2 unspecified atom stereocenters. The summed E-state index contributed by atoms with van der Waals surface area (Å²) in [4.78, 5) is 75.5. The van der Waals surface area contributed by atoms with Crippen LogP contribution in [0.2, 0.25) is 0 Å². The summed E-state index contributed by atoms with van der Waals surface area (Å²) in [7, 11) is 0. The Morgan fingerprint density at radius 3 is 1.90 bits per heavy atom.